The zero-order valence-corrected chi connectivity index (χ0v) is 29.1. The molecule has 0 aromatic heterocycles. The number of hydrogen-bond acceptors (Lipinski definition) is 3. The van der Waals surface area contributed by atoms with Crippen LogP contribution in [0.2, 0.25) is 0 Å². The fraction of sp³-hybridized carbons (Fsp3) is 0.707. The van der Waals surface area contributed by atoms with E-state index in [1.54, 1.807) is 13.2 Å². The first-order valence-electron chi connectivity index (χ1n) is 17.8. The fourth-order valence-electron chi connectivity index (χ4n) is 12.5. The summed E-state index contributed by atoms with van der Waals surface area (Å²) < 4.78 is 12.0. The highest BCUT2D eigenvalue weighted by Gasteiger charge is 2.82. The summed E-state index contributed by atoms with van der Waals surface area (Å²) in [5.74, 6) is 4.68. The van der Waals surface area contributed by atoms with Crippen molar-refractivity contribution in [3.05, 3.63) is 53.8 Å². The molecule has 1 aromatic carbocycles. The Kier molecular flexibility index (Phi) is 7.94. The SMILES string of the molecule is C=C(/C=C/c1ccc(O)c(OC)c1)O[C@H]1CCC23CC24CC[C@]2(C)[C@@H]([C@H](C)CCC=C(C)C)CC[C@@]2(C)[C@@H]4CC[C@H]3C1(C)C. The molecule has 3 heteroatoms. The lowest BCUT2D eigenvalue weighted by atomic mass is 9.41. The number of phenols is 1. The van der Waals surface area contributed by atoms with Crippen molar-refractivity contribution in [2.75, 3.05) is 7.11 Å². The second-order valence-corrected chi connectivity index (χ2v) is 17.2. The van der Waals surface area contributed by atoms with E-state index in [9.17, 15) is 5.11 Å². The van der Waals surface area contributed by atoms with Crippen LogP contribution in [-0.2, 0) is 4.74 Å². The summed E-state index contributed by atoms with van der Waals surface area (Å²) in [5.41, 5.74) is 4.63. The van der Waals surface area contributed by atoms with Crippen molar-refractivity contribution in [1.82, 2.24) is 0 Å². The van der Waals surface area contributed by atoms with Crippen molar-refractivity contribution in [3.8, 4) is 11.5 Å². The molecule has 6 rings (SSSR count). The van der Waals surface area contributed by atoms with E-state index in [4.69, 9.17) is 9.47 Å². The number of ether oxygens (including phenoxy) is 2. The molecule has 9 atom stereocenters. The highest BCUT2D eigenvalue weighted by atomic mass is 16.5. The molecule has 242 valence electrons. The average molecular weight is 601 g/mol. The van der Waals surface area contributed by atoms with Crippen LogP contribution >= 0.6 is 0 Å². The van der Waals surface area contributed by atoms with E-state index in [1.165, 1.54) is 69.8 Å². The molecular weight excluding hydrogens is 540 g/mol. The van der Waals surface area contributed by atoms with Crippen LogP contribution in [0.1, 0.15) is 125 Å². The standard InChI is InChI=1S/C41H60O3/c1-27(2)11-10-12-28(3)31-19-21-39(8)35-18-17-34-37(5,6)36(20-22-40(34)26-41(35,40)24-23-38(31,39)7)44-29(4)13-14-30-15-16-32(42)33(25-30)43-9/h11,13-16,25,28,31,34-36,42H,4,10,12,17-24,26H2,1-3,5-9H3/b14-13+/t28-,31-,34+,35+,36+,38-,39+,40?,41?/m1/s1. The summed E-state index contributed by atoms with van der Waals surface area (Å²) in [6.07, 6.45) is 21.7. The van der Waals surface area contributed by atoms with Gasteiger partial charge >= 0.3 is 0 Å². The molecular formula is C41H60O3. The number of aromatic hydroxyl groups is 1. The Hall–Kier alpha value is -2.16. The molecule has 5 saturated carbocycles. The van der Waals surface area contributed by atoms with Gasteiger partial charge < -0.3 is 14.6 Å². The minimum atomic E-state index is 0.130. The molecule has 1 N–H and O–H groups in total. The van der Waals surface area contributed by atoms with Gasteiger partial charge in [0.05, 0.1) is 7.11 Å². The summed E-state index contributed by atoms with van der Waals surface area (Å²) in [5, 5.41) is 9.93. The normalized spacial score (nSPS) is 40.6. The fourth-order valence-corrected chi connectivity index (χ4v) is 12.5. The first-order chi connectivity index (χ1) is 20.7. The number of hydrogen-bond donors (Lipinski definition) is 1. The lowest BCUT2D eigenvalue weighted by Gasteiger charge is -2.63. The van der Waals surface area contributed by atoms with E-state index >= 15 is 0 Å². The molecule has 5 aliphatic carbocycles. The van der Waals surface area contributed by atoms with Crippen LogP contribution in [0.25, 0.3) is 6.08 Å². The number of allylic oxidation sites excluding steroid dienone is 3. The van der Waals surface area contributed by atoms with E-state index in [0.29, 0.717) is 27.4 Å². The van der Waals surface area contributed by atoms with Crippen molar-refractivity contribution in [2.45, 2.75) is 125 Å². The Balaban J connectivity index is 1.15. The van der Waals surface area contributed by atoms with Gasteiger partial charge in [-0.15, -0.1) is 0 Å². The summed E-state index contributed by atoms with van der Waals surface area (Å²) in [6, 6.07) is 5.39. The molecule has 3 nitrogen and oxygen atoms in total. The summed E-state index contributed by atoms with van der Waals surface area (Å²) >= 11 is 0. The van der Waals surface area contributed by atoms with Crippen molar-refractivity contribution < 1.29 is 14.6 Å². The first-order valence-corrected chi connectivity index (χ1v) is 17.8. The van der Waals surface area contributed by atoms with Gasteiger partial charge in [-0.05, 0) is 154 Å². The summed E-state index contributed by atoms with van der Waals surface area (Å²) in [7, 11) is 1.57. The number of phenolic OH excluding ortho intramolecular Hbond substituents is 1. The van der Waals surface area contributed by atoms with Gasteiger partial charge in [0.25, 0.3) is 0 Å². The highest BCUT2D eigenvalue weighted by Crippen LogP contribution is 2.89. The second kappa shape index (κ2) is 11.0. The smallest absolute Gasteiger partial charge is 0.161 e. The molecule has 0 aliphatic heterocycles. The van der Waals surface area contributed by atoms with Gasteiger partial charge in [0, 0.05) is 5.41 Å². The third-order valence-electron chi connectivity index (χ3n) is 14.9. The molecule has 0 heterocycles. The van der Waals surface area contributed by atoms with E-state index in [0.717, 1.165) is 41.4 Å². The van der Waals surface area contributed by atoms with Crippen molar-refractivity contribution in [2.24, 2.45) is 50.7 Å². The predicted octanol–water partition coefficient (Wildman–Crippen LogP) is 11.1. The second-order valence-electron chi connectivity index (χ2n) is 17.2. The zero-order valence-electron chi connectivity index (χ0n) is 29.1. The number of benzene rings is 1. The number of fused-ring (bicyclic) bond motifs is 2. The Morgan fingerprint density at radius 1 is 0.977 bits per heavy atom. The van der Waals surface area contributed by atoms with Gasteiger partial charge in [-0.25, -0.2) is 0 Å². The molecule has 2 spiro atoms. The van der Waals surface area contributed by atoms with Crippen LogP contribution in [0.4, 0.5) is 0 Å². The molecule has 0 amide bonds. The molecule has 44 heavy (non-hydrogen) atoms. The maximum Gasteiger partial charge on any atom is 0.161 e. The largest absolute Gasteiger partial charge is 0.504 e. The van der Waals surface area contributed by atoms with Crippen LogP contribution in [0.15, 0.2) is 48.3 Å². The number of methoxy groups -OCH3 is 1. The summed E-state index contributed by atoms with van der Waals surface area (Å²) in [6.45, 7) is 21.9. The maximum absolute atomic E-state index is 9.93. The van der Waals surface area contributed by atoms with Crippen molar-refractivity contribution >= 4 is 6.08 Å². The predicted molar refractivity (Wildman–Crippen MR) is 182 cm³/mol. The van der Waals surface area contributed by atoms with E-state index in [-0.39, 0.29) is 17.3 Å². The monoisotopic (exact) mass is 600 g/mol. The minimum Gasteiger partial charge on any atom is -0.504 e. The molecule has 5 aliphatic rings. The van der Waals surface area contributed by atoms with Gasteiger partial charge in [0.15, 0.2) is 11.5 Å². The van der Waals surface area contributed by atoms with Gasteiger partial charge in [0.2, 0.25) is 0 Å². The summed E-state index contributed by atoms with van der Waals surface area (Å²) in [4.78, 5) is 0. The molecule has 1 aromatic rings. The van der Waals surface area contributed by atoms with E-state index in [2.05, 4.69) is 61.1 Å². The average Bonchev–Trinajstić information content (AvgIpc) is 3.55. The Bertz CT molecular complexity index is 1330. The van der Waals surface area contributed by atoms with Crippen LogP contribution < -0.4 is 4.74 Å². The van der Waals surface area contributed by atoms with Gasteiger partial charge in [-0.2, -0.15) is 0 Å². The van der Waals surface area contributed by atoms with Crippen molar-refractivity contribution in [3.63, 3.8) is 0 Å². The molecule has 0 saturated heterocycles. The molecule has 0 radical (unpaired) electrons. The Morgan fingerprint density at radius 2 is 1.70 bits per heavy atom. The van der Waals surface area contributed by atoms with Crippen LogP contribution in [0.5, 0.6) is 11.5 Å². The number of rotatable bonds is 9. The van der Waals surface area contributed by atoms with Crippen molar-refractivity contribution in [1.29, 1.82) is 0 Å². The first kappa shape index (κ1) is 31.8. The van der Waals surface area contributed by atoms with Gasteiger partial charge in [-0.1, -0.05) is 65.0 Å². The Labute approximate surface area is 268 Å². The van der Waals surface area contributed by atoms with Gasteiger partial charge in [0.1, 0.15) is 11.9 Å². The third-order valence-corrected chi connectivity index (χ3v) is 14.9. The maximum atomic E-state index is 9.93. The molecule has 0 bridgehead atoms. The van der Waals surface area contributed by atoms with Gasteiger partial charge in [-0.3, -0.25) is 0 Å². The minimum absolute atomic E-state index is 0.130. The van der Waals surface area contributed by atoms with Crippen LogP contribution in [0, 0.1) is 50.7 Å². The van der Waals surface area contributed by atoms with Crippen LogP contribution in [0.3, 0.4) is 0 Å². The Morgan fingerprint density at radius 3 is 2.43 bits per heavy atom. The highest BCUT2D eigenvalue weighted by molar-refractivity contribution is 5.57. The topological polar surface area (TPSA) is 38.7 Å². The van der Waals surface area contributed by atoms with Crippen LogP contribution in [-0.4, -0.2) is 18.3 Å². The van der Waals surface area contributed by atoms with E-state index < -0.39 is 0 Å². The molecule has 5 fully saturated rings. The lowest BCUT2D eigenvalue weighted by Crippen LogP contribution is -2.57. The van der Waals surface area contributed by atoms with E-state index in [1.807, 2.05) is 24.3 Å². The quantitative estimate of drug-likeness (QED) is 0.174. The third kappa shape index (κ3) is 4.64. The molecule has 2 unspecified atom stereocenters. The zero-order chi connectivity index (χ0) is 31.7. The lowest BCUT2D eigenvalue weighted by molar-refractivity contribution is -0.164.